The van der Waals surface area contributed by atoms with Crippen molar-refractivity contribution in [2.45, 2.75) is 39.8 Å². The van der Waals surface area contributed by atoms with Crippen molar-refractivity contribution in [1.82, 2.24) is 10.6 Å². The zero-order valence-corrected chi connectivity index (χ0v) is 14.6. The number of benzene rings is 1. The Balaban J connectivity index is 2.68. The van der Waals surface area contributed by atoms with E-state index in [0.717, 1.165) is 0 Å². The molecule has 24 heavy (non-hydrogen) atoms. The number of nitrogens with one attached hydrogen (secondary N) is 3. The van der Waals surface area contributed by atoms with Gasteiger partial charge in [0.05, 0.1) is 23.8 Å². The Morgan fingerprint density at radius 1 is 1.08 bits per heavy atom. The molecule has 0 aliphatic heterocycles. The summed E-state index contributed by atoms with van der Waals surface area (Å²) in [7, 11) is 0. The van der Waals surface area contributed by atoms with Crippen molar-refractivity contribution in [2.75, 3.05) is 11.9 Å². The fraction of sp³-hybridized carbons (Fsp3) is 0.471. The van der Waals surface area contributed by atoms with Crippen LogP contribution < -0.4 is 21.7 Å². The molecule has 3 amide bonds. The van der Waals surface area contributed by atoms with Gasteiger partial charge in [-0.15, -0.1) is 0 Å². The molecule has 7 nitrogen and oxygen atoms in total. The molecule has 1 rings (SSSR count). The van der Waals surface area contributed by atoms with Crippen molar-refractivity contribution in [3.63, 3.8) is 0 Å². The number of hydrogen-bond acceptors (Lipinski definition) is 4. The largest absolute Gasteiger partial charge is 0.350 e. The molecule has 0 fully saturated rings. The van der Waals surface area contributed by atoms with Crippen LogP contribution >= 0.6 is 0 Å². The molecule has 0 saturated carbocycles. The van der Waals surface area contributed by atoms with E-state index >= 15 is 0 Å². The predicted molar refractivity (Wildman–Crippen MR) is 93.5 cm³/mol. The van der Waals surface area contributed by atoms with Crippen molar-refractivity contribution in [3.8, 4) is 0 Å². The molecule has 1 aromatic rings. The minimum atomic E-state index is -0.665. The lowest BCUT2D eigenvalue weighted by atomic mass is 10.1. The van der Waals surface area contributed by atoms with E-state index in [-0.39, 0.29) is 30.3 Å². The summed E-state index contributed by atoms with van der Waals surface area (Å²) in [6, 6.07) is 6.01. The maximum absolute atomic E-state index is 12.1. The molecule has 132 valence electrons. The van der Waals surface area contributed by atoms with E-state index in [1.165, 1.54) is 0 Å². The Morgan fingerprint density at radius 3 is 2.29 bits per heavy atom. The lowest BCUT2D eigenvalue weighted by Crippen LogP contribution is -2.46. The van der Waals surface area contributed by atoms with E-state index in [4.69, 9.17) is 5.73 Å². The highest BCUT2D eigenvalue weighted by Gasteiger charge is 2.18. The second kappa shape index (κ2) is 9.02. The van der Waals surface area contributed by atoms with Crippen LogP contribution in [0.15, 0.2) is 24.3 Å². The molecule has 0 spiro atoms. The highest BCUT2D eigenvalue weighted by Crippen LogP contribution is 2.15. The summed E-state index contributed by atoms with van der Waals surface area (Å²) in [5.74, 6) is -1.10. The SMILES string of the molecule is CC(C)NC(=O)c1ccccc1NC(=O)CNC(=O)[C@@H](N)C(C)C. The minimum absolute atomic E-state index is 0.0157. The Bertz CT molecular complexity index is 599. The van der Waals surface area contributed by atoms with Gasteiger partial charge in [0.15, 0.2) is 0 Å². The van der Waals surface area contributed by atoms with Crippen LogP contribution in [0.5, 0.6) is 0 Å². The summed E-state index contributed by atoms with van der Waals surface area (Å²) in [6.45, 7) is 7.15. The van der Waals surface area contributed by atoms with Gasteiger partial charge >= 0.3 is 0 Å². The summed E-state index contributed by atoms with van der Waals surface area (Å²) >= 11 is 0. The van der Waals surface area contributed by atoms with Gasteiger partial charge < -0.3 is 21.7 Å². The minimum Gasteiger partial charge on any atom is -0.350 e. The molecule has 0 aliphatic rings. The first kappa shape index (κ1) is 19.6. The summed E-state index contributed by atoms with van der Waals surface area (Å²) < 4.78 is 0. The number of carbonyl (C=O) groups is 3. The molecule has 0 aliphatic carbocycles. The number of carbonyl (C=O) groups excluding carboxylic acids is 3. The number of hydrogen-bond donors (Lipinski definition) is 4. The van der Waals surface area contributed by atoms with Crippen molar-refractivity contribution in [2.24, 2.45) is 11.7 Å². The van der Waals surface area contributed by atoms with Gasteiger partial charge in [-0.05, 0) is 31.9 Å². The van der Waals surface area contributed by atoms with Crippen molar-refractivity contribution >= 4 is 23.4 Å². The fourth-order valence-corrected chi connectivity index (χ4v) is 1.91. The fourth-order valence-electron chi connectivity index (χ4n) is 1.91. The van der Waals surface area contributed by atoms with E-state index in [9.17, 15) is 14.4 Å². The second-order valence-corrected chi connectivity index (χ2v) is 6.21. The first-order chi connectivity index (χ1) is 11.2. The van der Waals surface area contributed by atoms with Gasteiger partial charge in [0, 0.05) is 6.04 Å². The highest BCUT2D eigenvalue weighted by molar-refractivity contribution is 6.04. The number of rotatable bonds is 7. The first-order valence-corrected chi connectivity index (χ1v) is 7.95. The molecule has 5 N–H and O–H groups in total. The maximum atomic E-state index is 12.1. The van der Waals surface area contributed by atoms with Gasteiger partial charge in [-0.2, -0.15) is 0 Å². The molecule has 0 bridgehead atoms. The quantitative estimate of drug-likeness (QED) is 0.592. The summed E-state index contributed by atoms with van der Waals surface area (Å²) in [4.78, 5) is 35.9. The van der Waals surface area contributed by atoms with Crippen molar-refractivity contribution in [1.29, 1.82) is 0 Å². The van der Waals surface area contributed by atoms with Crippen LogP contribution in [0.1, 0.15) is 38.1 Å². The van der Waals surface area contributed by atoms with Crippen molar-refractivity contribution in [3.05, 3.63) is 29.8 Å². The molecule has 1 atom stereocenters. The van der Waals surface area contributed by atoms with Crippen LogP contribution in [0.2, 0.25) is 0 Å². The van der Waals surface area contributed by atoms with Gasteiger partial charge in [0.2, 0.25) is 11.8 Å². The maximum Gasteiger partial charge on any atom is 0.253 e. The van der Waals surface area contributed by atoms with Gasteiger partial charge in [0.25, 0.3) is 5.91 Å². The average Bonchev–Trinajstić information content (AvgIpc) is 2.51. The van der Waals surface area contributed by atoms with E-state index in [2.05, 4.69) is 16.0 Å². The van der Waals surface area contributed by atoms with E-state index < -0.39 is 11.9 Å². The topological polar surface area (TPSA) is 113 Å². The second-order valence-electron chi connectivity index (χ2n) is 6.21. The lowest BCUT2D eigenvalue weighted by Gasteiger charge is -2.16. The highest BCUT2D eigenvalue weighted by atomic mass is 16.2. The van der Waals surface area contributed by atoms with Crippen LogP contribution in [0, 0.1) is 5.92 Å². The molecule has 1 aromatic carbocycles. The van der Waals surface area contributed by atoms with Gasteiger partial charge in [-0.1, -0.05) is 26.0 Å². The van der Waals surface area contributed by atoms with Crippen molar-refractivity contribution < 1.29 is 14.4 Å². The molecule has 0 heterocycles. The molecular weight excluding hydrogens is 308 g/mol. The zero-order chi connectivity index (χ0) is 18.3. The lowest BCUT2D eigenvalue weighted by molar-refractivity contribution is -0.125. The Kier molecular flexibility index (Phi) is 7.38. The monoisotopic (exact) mass is 334 g/mol. The Morgan fingerprint density at radius 2 is 1.71 bits per heavy atom. The van der Waals surface area contributed by atoms with Crippen LogP contribution in [0.4, 0.5) is 5.69 Å². The number of amides is 3. The van der Waals surface area contributed by atoms with Crippen LogP contribution in [0.25, 0.3) is 0 Å². The van der Waals surface area contributed by atoms with Gasteiger partial charge in [0.1, 0.15) is 0 Å². The smallest absolute Gasteiger partial charge is 0.253 e. The molecule has 7 heteroatoms. The van der Waals surface area contributed by atoms with E-state index in [0.29, 0.717) is 11.3 Å². The normalized spacial score (nSPS) is 12.0. The molecular formula is C17H26N4O3. The van der Waals surface area contributed by atoms with Gasteiger partial charge in [-0.25, -0.2) is 0 Å². The van der Waals surface area contributed by atoms with Crippen LogP contribution in [-0.2, 0) is 9.59 Å². The van der Waals surface area contributed by atoms with E-state index in [1.807, 2.05) is 27.7 Å². The molecule has 0 unspecified atom stereocenters. The summed E-state index contributed by atoms with van der Waals surface area (Å²) in [5, 5.41) is 7.89. The standard InChI is InChI=1S/C17H26N4O3/c1-10(2)15(18)17(24)19-9-14(22)21-13-8-6-5-7-12(13)16(23)20-11(3)4/h5-8,10-11,15H,9,18H2,1-4H3,(H,19,24)(H,20,23)(H,21,22)/t15-/m0/s1. The molecule has 0 radical (unpaired) electrons. The Labute approximate surface area is 142 Å². The third-order valence-electron chi connectivity index (χ3n) is 3.31. The van der Waals surface area contributed by atoms with Gasteiger partial charge in [-0.3, -0.25) is 14.4 Å². The van der Waals surface area contributed by atoms with Crippen LogP contribution in [0.3, 0.4) is 0 Å². The predicted octanol–water partition coefficient (Wildman–Crippen LogP) is 0.863. The van der Waals surface area contributed by atoms with E-state index in [1.54, 1.807) is 24.3 Å². The Hall–Kier alpha value is -2.41. The summed E-state index contributed by atoms with van der Waals surface area (Å²) in [6.07, 6.45) is 0. The third kappa shape index (κ3) is 6.00. The first-order valence-electron chi connectivity index (χ1n) is 7.95. The number of nitrogens with two attached hydrogens (primary N) is 1. The number of para-hydroxylation sites is 1. The average molecular weight is 334 g/mol. The third-order valence-corrected chi connectivity index (χ3v) is 3.31. The number of anilines is 1. The molecule has 0 aromatic heterocycles. The zero-order valence-electron chi connectivity index (χ0n) is 14.6. The molecule has 0 saturated heterocycles. The van der Waals surface area contributed by atoms with Crippen LogP contribution in [-0.4, -0.2) is 36.3 Å². The summed E-state index contributed by atoms with van der Waals surface area (Å²) in [5.41, 5.74) is 6.47.